The maximum atomic E-state index is 13.2. The standard InChI is InChI=1S/C16H14ClFN6O.C6H10O4/c1-9-5-11(15-21-23-24(2)22-15)7-14(20-9)16(25)19-8-10-3-4-13(18)12(17)6-10;1-8-6(7)5-4-9-2-3-10-5/h3-7H,8H2,1-2H3,(H,19,25);5H,2-4H2,1H3. The lowest BCUT2D eigenvalue weighted by molar-refractivity contribution is -0.167. The lowest BCUT2D eigenvalue weighted by Gasteiger charge is -2.20. The number of aromatic nitrogens is 5. The smallest absolute Gasteiger partial charge is 0.337 e. The van der Waals surface area contributed by atoms with Gasteiger partial charge in [0, 0.05) is 17.8 Å². The molecule has 1 aromatic carbocycles. The SMILES string of the molecule is COC(=O)C1COCCO1.Cc1cc(-c2nnn(C)n2)cc(C(=O)NCc2ccc(F)c(Cl)c2)n1. The molecule has 1 fully saturated rings. The second-order valence-electron chi connectivity index (χ2n) is 7.37. The highest BCUT2D eigenvalue weighted by Gasteiger charge is 2.22. The number of nitrogens with one attached hydrogen (secondary N) is 1. The highest BCUT2D eigenvalue weighted by atomic mass is 35.5. The van der Waals surface area contributed by atoms with Crippen LogP contribution in [0, 0.1) is 12.7 Å². The van der Waals surface area contributed by atoms with Crippen molar-refractivity contribution in [3.63, 3.8) is 0 Å². The van der Waals surface area contributed by atoms with Gasteiger partial charge in [0.15, 0.2) is 6.10 Å². The van der Waals surface area contributed by atoms with Crippen LogP contribution >= 0.6 is 11.6 Å². The molecule has 1 atom stereocenters. The van der Waals surface area contributed by atoms with Crippen molar-refractivity contribution in [3.05, 3.63) is 58.1 Å². The summed E-state index contributed by atoms with van der Waals surface area (Å²) < 4.78 is 27.6. The minimum absolute atomic E-state index is 0.0106. The van der Waals surface area contributed by atoms with E-state index >= 15 is 0 Å². The van der Waals surface area contributed by atoms with E-state index in [-0.39, 0.29) is 29.1 Å². The van der Waals surface area contributed by atoms with Gasteiger partial charge < -0.3 is 19.5 Å². The molecule has 4 rings (SSSR count). The number of hydrogen-bond donors (Lipinski definition) is 1. The molecule has 35 heavy (non-hydrogen) atoms. The van der Waals surface area contributed by atoms with Crippen LogP contribution in [0.1, 0.15) is 21.7 Å². The molecular weight excluding hydrogens is 483 g/mol. The zero-order chi connectivity index (χ0) is 25.4. The molecule has 0 spiro atoms. The molecular formula is C22H24ClFN6O5. The van der Waals surface area contributed by atoms with Crippen molar-refractivity contribution in [2.24, 2.45) is 7.05 Å². The number of rotatable bonds is 5. The van der Waals surface area contributed by atoms with E-state index < -0.39 is 11.9 Å². The maximum absolute atomic E-state index is 13.2. The van der Waals surface area contributed by atoms with Gasteiger partial charge in [-0.2, -0.15) is 4.80 Å². The van der Waals surface area contributed by atoms with Gasteiger partial charge in [0.1, 0.15) is 11.5 Å². The van der Waals surface area contributed by atoms with Gasteiger partial charge >= 0.3 is 5.97 Å². The molecule has 13 heteroatoms. The first-order chi connectivity index (χ1) is 16.8. The molecule has 0 bridgehead atoms. The van der Waals surface area contributed by atoms with Crippen molar-refractivity contribution in [3.8, 4) is 11.4 Å². The molecule has 3 heterocycles. The third kappa shape index (κ3) is 7.50. The van der Waals surface area contributed by atoms with Crippen molar-refractivity contribution in [2.45, 2.75) is 19.6 Å². The largest absolute Gasteiger partial charge is 0.467 e. The number of benzene rings is 1. The molecule has 2 aromatic heterocycles. The molecule has 186 valence electrons. The predicted molar refractivity (Wildman–Crippen MR) is 122 cm³/mol. The van der Waals surface area contributed by atoms with Crippen LogP contribution in [0.25, 0.3) is 11.4 Å². The molecule has 1 N–H and O–H groups in total. The summed E-state index contributed by atoms with van der Waals surface area (Å²) in [6, 6.07) is 7.65. The average molecular weight is 507 g/mol. The van der Waals surface area contributed by atoms with Crippen LogP contribution in [0.3, 0.4) is 0 Å². The Morgan fingerprint density at radius 3 is 2.71 bits per heavy atom. The molecule has 0 radical (unpaired) electrons. The van der Waals surface area contributed by atoms with Crippen LogP contribution in [0.2, 0.25) is 5.02 Å². The first-order valence-corrected chi connectivity index (χ1v) is 10.9. The normalized spacial score (nSPS) is 15.1. The van der Waals surface area contributed by atoms with Gasteiger partial charge in [-0.25, -0.2) is 14.2 Å². The summed E-state index contributed by atoms with van der Waals surface area (Å²) in [5.74, 6) is -0.820. The Morgan fingerprint density at radius 2 is 2.09 bits per heavy atom. The Morgan fingerprint density at radius 1 is 1.29 bits per heavy atom. The fraction of sp³-hybridized carbons (Fsp3) is 0.364. The number of methoxy groups -OCH3 is 1. The van der Waals surface area contributed by atoms with E-state index in [0.29, 0.717) is 42.5 Å². The Labute approximate surface area is 205 Å². The number of pyridine rings is 1. The first-order valence-electron chi connectivity index (χ1n) is 10.5. The molecule has 11 nitrogen and oxygen atoms in total. The summed E-state index contributed by atoms with van der Waals surface area (Å²) in [6.45, 7) is 3.32. The summed E-state index contributed by atoms with van der Waals surface area (Å²) in [7, 11) is 2.99. The van der Waals surface area contributed by atoms with Crippen LogP contribution in [-0.2, 0) is 32.6 Å². The van der Waals surface area contributed by atoms with E-state index in [9.17, 15) is 14.0 Å². The van der Waals surface area contributed by atoms with Crippen molar-refractivity contribution >= 4 is 23.5 Å². The number of hydrogen-bond acceptors (Lipinski definition) is 9. The minimum atomic E-state index is -0.515. The Kier molecular flexibility index (Phi) is 9.18. The molecule has 1 unspecified atom stereocenters. The third-order valence-corrected chi connectivity index (χ3v) is 4.96. The number of nitrogens with zero attached hydrogens (tertiary/aromatic N) is 5. The lowest BCUT2D eigenvalue weighted by atomic mass is 10.1. The van der Waals surface area contributed by atoms with Crippen molar-refractivity contribution in [2.75, 3.05) is 26.9 Å². The van der Waals surface area contributed by atoms with E-state index in [1.54, 1.807) is 32.2 Å². The molecule has 1 aliphatic heterocycles. The van der Waals surface area contributed by atoms with Gasteiger partial charge in [0.2, 0.25) is 5.82 Å². The monoisotopic (exact) mass is 506 g/mol. The van der Waals surface area contributed by atoms with Crippen LogP contribution in [0.5, 0.6) is 0 Å². The highest BCUT2D eigenvalue weighted by Crippen LogP contribution is 2.17. The van der Waals surface area contributed by atoms with E-state index in [4.69, 9.17) is 21.1 Å². The first kappa shape index (κ1) is 26.1. The number of carbonyl (C=O) groups excluding carboxylic acids is 2. The summed E-state index contributed by atoms with van der Waals surface area (Å²) in [6.07, 6.45) is -0.515. The molecule has 1 saturated heterocycles. The van der Waals surface area contributed by atoms with Crippen LogP contribution in [-0.4, -0.2) is 70.1 Å². The van der Waals surface area contributed by atoms with Crippen molar-refractivity contribution < 1.29 is 28.2 Å². The number of tetrazole rings is 1. The molecule has 3 aromatic rings. The van der Waals surface area contributed by atoms with Gasteiger partial charge in [0.05, 0.1) is 39.0 Å². The topological polar surface area (TPSA) is 130 Å². The van der Waals surface area contributed by atoms with Gasteiger partial charge in [-0.05, 0) is 42.0 Å². The van der Waals surface area contributed by atoms with Crippen LogP contribution in [0.15, 0.2) is 30.3 Å². The van der Waals surface area contributed by atoms with Crippen molar-refractivity contribution in [1.29, 1.82) is 0 Å². The Bertz CT molecular complexity index is 1180. The zero-order valence-electron chi connectivity index (χ0n) is 19.3. The summed E-state index contributed by atoms with van der Waals surface area (Å²) in [4.78, 5) is 28.7. The average Bonchev–Trinajstić information content (AvgIpc) is 3.31. The summed E-state index contributed by atoms with van der Waals surface area (Å²) in [5, 5.41) is 14.6. The van der Waals surface area contributed by atoms with Gasteiger partial charge in [0.25, 0.3) is 5.91 Å². The fourth-order valence-electron chi connectivity index (χ4n) is 2.99. The molecule has 1 amide bonds. The van der Waals surface area contributed by atoms with Crippen LogP contribution < -0.4 is 5.32 Å². The van der Waals surface area contributed by atoms with E-state index in [1.807, 2.05) is 0 Å². The Hall–Kier alpha value is -3.48. The number of amides is 1. The molecule has 0 saturated carbocycles. The highest BCUT2D eigenvalue weighted by molar-refractivity contribution is 6.30. The summed E-state index contributed by atoms with van der Waals surface area (Å²) >= 11 is 5.74. The second-order valence-corrected chi connectivity index (χ2v) is 7.78. The summed E-state index contributed by atoms with van der Waals surface area (Å²) in [5.41, 5.74) is 2.22. The van der Waals surface area contributed by atoms with E-state index in [1.165, 1.54) is 24.0 Å². The predicted octanol–water partition coefficient (Wildman–Crippen LogP) is 1.88. The van der Waals surface area contributed by atoms with Crippen LogP contribution in [0.4, 0.5) is 4.39 Å². The number of carbonyl (C=O) groups is 2. The number of halogens is 2. The Balaban J connectivity index is 0.000000287. The molecule has 1 aliphatic rings. The number of esters is 1. The van der Waals surface area contributed by atoms with Gasteiger partial charge in [-0.3, -0.25) is 4.79 Å². The quantitative estimate of drug-likeness (QED) is 0.515. The number of aryl methyl sites for hydroxylation is 2. The maximum Gasteiger partial charge on any atom is 0.337 e. The van der Waals surface area contributed by atoms with Gasteiger partial charge in [-0.1, -0.05) is 17.7 Å². The van der Waals surface area contributed by atoms with E-state index in [2.05, 4.69) is 30.4 Å². The van der Waals surface area contributed by atoms with E-state index in [0.717, 1.165) is 0 Å². The molecule has 0 aliphatic carbocycles. The lowest BCUT2D eigenvalue weighted by Crippen LogP contribution is -2.36. The van der Waals surface area contributed by atoms with Crippen molar-refractivity contribution in [1.82, 2.24) is 30.5 Å². The number of ether oxygens (including phenoxy) is 3. The third-order valence-electron chi connectivity index (χ3n) is 4.67. The zero-order valence-corrected chi connectivity index (χ0v) is 20.1. The van der Waals surface area contributed by atoms with Gasteiger partial charge in [-0.15, -0.1) is 10.2 Å². The second kappa shape index (κ2) is 12.3. The minimum Gasteiger partial charge on any atom is -0.467 e. The fourth-order valence-corrected chi connectivity index (χ4v) is 3.19.